The fourth-order valence-electron chi connectivity index (χ4n) is 2.52. The van der Waals surface area contributed by atoms with Gasteiger partial charge in [-0.3, -0.25) is 9.59 Å². The maximum atomic E-state index is 12.2. The molecule has 4 heteroatoms. The number of carbonyl (C=O) groups is 2. The first-order valence-corrected chi connectivity index (χ1v) is 7.41. The van der Waals surface area contributed by atoms with Crippen molar-refractivity contribution in [2.75, 3.05) is 18.0 Å². The molecule has 20 heavy (non-hydrogen) atoms. The summed E-state index contributed by atoms with van der Waals surface area (Å²) in [7, 11) is 0. The highest BCUT2D eigenvalue weighted by Gasteiger charge is 2.26. The molecule has 0 fully saturated rings. The highest BCUT2D eigenvalue weighted by atomic mass is 16.2. The van der Waals surface area contributed by atoms with E-state index < -0.39 is 11.8 Å². The number of unbranched alkanes of at least 4 members (excludes halogenated alkanes) is 2. The monoisotopic (exact) mass is 274 g/mol. The van der Waals surface area contributed by atoms with E-state index in [-0.39, 0.29) is 0 Å². The van der Waals surface area contributed by atoms with Crippen LogP contribution in [0.15, 0.2) is 24.3 Å². The van der Waals surface area contributed by atoms with Crippen LogP contribution < -0.4 is 10.2 Å². The highest BCUT2D eigenvalue weighted by molar-refractivity contribution is 6.40. The molecule has 0 atom stereocenters. The van der Waals surface area contributed by atoms with Gasteiger partial charge in [-0.1, -0.05) is 38.0 Å². The van der Waals surface area contributed by atoms with Gasteiger partial charge >= 0.3 is 11.8 Å². The van der Waals surface area contributed by atoms with Crippen molar-refractivity contribution in [3.05, 3.63) is 29.8 Å². The molecular formula is C16H22N2O2. The summed E-state index contributed by atoms with van der Waals surface area (Å²) in [6.45, 7) is 3.31. The van der Waals surface area contributed by atoms with E-state index in [1.54, 1.807) is 4.90 Å². The maximum absolute atomic E-state index is 12.2. The van der Waals surface area contributed by atoms with Gasteiger partial charge in [-0.05, 0) is 30.9 Å². The molecule has 0 bridgehead atoms. The molecule has 0 saturated carbocycles. The van der Waals surface area contributed by atoms with Gasteiger partial charge in [-0.25, -0.2) is 0 Å². The fraction of sp³-hybridized carbons (Fsp3) is 0.500. The minimum Gasteiger partial charge on any atom is -0.348 e. The van der Waals surface area contributed by atoms with Crippen LogP contribution in [0.2, 0.25) is 0 Å². The number of fused-ring (bicyclic) bond motifs is 1. The molecule has 2 rings (SSSR count). The number of carbonyl (C=O) groups excluding carboxylic acids is 2. The Kier molecular flexibility index (Phi) is 5.16. The quantitative estimate of drug-likeness (QED) is 0.676. The highest BCUT2D eigenvalue weighted by Crippen LogP contribution is 2.26. The lowest BCUT2D eigenvalue weighted by atomic mass is 10.0. The smallest absolute Gasteiger partial charge is 0.316 e. The number of para-hydroxylation sites is 1. The molecule has 0 aromatic heterocycles. The Morgan fingerprint density at radius 1 is 1.25 bits per heavy atom. The molecule has 1 aromatic rings. The van der Waals surface area contributed by atoms with Gasteiger partial charge in [0.2, 0.25) is 0 Å². The lowest BCUT2D eigenvalue weighted by Gasteiger charge is -2.28. The van der Waals surface area contributed by atoms with Crippen LogP contribution in [-0.4, -0.2) is 24.9 Å². The summed E-state index contributed by atoms with van der Waals surface area (Å²) in [5.41, 5.74) is 2.03. The van der Waals surface area contributed by atoms with Crippen molar-refractivity contribution < 1.29 is 9.59 Å². The third-order valence-electron chi connectivity index (χ3n) is 3.62. The Hall–Kier alpha value is -1.84. The zero-order valence-electron chi connectivity index (χ0n) is 12.0. The van der Waals surface area contributed by atoms with Crippen LogP contribution in [0.5, 0.6) is 0 Å². The summed E-state index contributed by atoms with van der Waals surface area (Å²) in [5.74, 6) is -0.925. The zero-order valence-corrected chi connectivity index (χ0v) is 12.0. The Bertz CT molecular complexity index is 485. The summed E-state index contributed by atoms with van der Waals surface area (Å²) < 4.78 is 0. The third-order valence-corrected chi connectivity index (χ3v) is 3.62. The van der Waals surface area contributed by atoms with Crippen molar-refractivity contribution in [1.29, 1.82) is 0 Å². The Balaban J connectivity index is 1.98. The Labute approximate surface area is 120 Å². The van der Waals surface area contributed by atoms with Crippen molar-refractivity contribution in [2.45, 2.75) is 39.0 Å². The second kappa shape index (κ2) is 7.08. The number of benzene rings is 1. The molecule has 0 unspecified atom stereocenters. The number of anilines is 1. The molecule has 0 saturated heterocycles. The largest absolute Gasteiger partial charge is 0.348 e. The van der Waals surface area contributed by atoms with Crippen molar-refractivity contribution in [2.24, 2.45) is 0 Å². The molecular weight excluding hydrogens is 252 g/mol. The molecule has 108 valence electrons. The summed E-state index contributed by atoms with van der Waals surface area (Å²) in [4.78, 5) is 25.8. The first kappa shape index (κ1) is 14.6. The average Bonchev–Trinajstić information content (AvgIpc) is 2.50. The van der Waals surface area contributed by atoms with Crippen LogP contribution >= 0.6 is 0 Å². The standard InChI is InChI=1S/C16H22N2O2/c1-2-3-6-11-17-15(19)16(20)18-12-7-9-13-8-4-5-10-14(13)18/h4-5,8,10H,2-3,6-7,9,11-12H2,1H3,(H,17,19). The van der Waals surface area contributed by atoms with Gasteiger partial charge in [0.05, 0.1) is 0 Å². The van der Waals surface area contributed by atoms with Crippen LogP contribution in [-0.2, 0) is 16.0 Å². The molecule has 1 aromatic carbocycles. The van der Waals surface area contributed by atoms with Gasteiger partial charge < -0.3 is 10.2 Å². The molecule has 1 heterocycles. The van der Waals surface area contributed by atoms with Crippen LogP contribution in [0.25, 0.3) is 0 Å². The Morgan fingerprint density at radius 3 is 2.85 bits per heavy atom. The second-order valence-electron chi connectivity index (χ2n) is 5.15. The third kappa shape index (κ3) is 3.38. The van der Waals surface area contributed by atoms with Gasteiger partial charge in [-0.15, -0.1) is 0 Å². The van der Waals surface area contributed by atoms with E-state index in [4.69, 9.17) is 0 Å². The number of rotatable bonds is 4. The minimum atomic E-state index is -0.488. The van der Waals surface area contributed by atoms with E-state index in [9.17, 15) is 9.59 Å². The lowest BCUT2D eigenvalue weighted by molar-refractivity contribution is -0.137. The number of hydrogen-bond acceptors (Lipinski definition) is 2. The number of aryl methyl sites for hydroxylation is 1. The van der Waals surface area contributed by atoms with Gasteiger partial charge in [0.1, 0.15) is 0 Å². The van der Waals surface area contributed by atoms with Crippen molar-refractivity contribution in [3.63, 3.8) is 0 Å². The number of nitrogens with zero attached hydrogens (tertiary/aromatic N) is 1. The lowest BCUT2D eigenvalue weighted by Crippen LogP contribution is -2.45. The van der Waals surface area contributed by atoms with E-state index in [1.807, 2.05) is 24.3 Å². The summed E-state index contributed by atoms with van der Waals surface area (Å²) in [5, 5.41) is 2.72. The molecule has 1 aliphatic rings. The molecule has 1 N–H and O–H groups in total. The minimum absolute atomic E-state index is 0.436. The van der Waals surface area contributed by atoms with E-state index in [1.165, 1.54) is 0 Å². The van der Waals surface area contributed by atoms with Crippen molar-refractivity contribution >= 4 is 17.5 Å². The second-order valence-corrected chi connectivity index (χ2v) is 5.15. The van der Waals surface area contributed by atoms with Gasteiger partial charge in [-0.2, -0.15) is 0 Å². The van der Waals surface area contributed by atoms with Crippen LogP contribution in [0.4, 0.5) is 5.69 Å². The van der Waals surface area contributed by atoms with E-state index >= 15 is 0 Å². The number of amides is 2. The molecule has 1 aliphatic heterocycles. The molecule has 2 amide bonds. The molecule has 4 nitrogen and oxygen atoms in total. The number of hydrogen-bond donors (Lipinski definition) is 1. The number of nitrogens with one attached hydrogen (secondary N) is 1. The van der Waals surface area contributed by atoms with E-state index in [2.05, 4.69) is 12.2 Å². The maximum Gasteiger partial charge on any atom is 0.316 e. The van der Waals surface area contributed by atoms with Gasteiger partial charge in [0, 0.05) is 18.8 Å². The van der Waals surface area contributed by atoms with Crippen LogP contribution in [0.3, 0.4) is 0 Å². The normalized spacial score (nSPS) is 13.8. The van der Waals surface area contributed by atoms with Crippen LogP contribution in [0, 0.1) is 0 Å². The predicted octanol–water partition coefficient (Wildman–Crippen LogP) is 2.27. The zero-order chi connectivity index (χ0) is 14.4. The first-order chi connectivity index (χ1) is 9.74. The topological polar surface area (TPSA) is 49.4 Å². The van der Waals surface area contributed by atoms with E-state index in [0.717, 1.165) is 43.4 Å². The SMILES string of the molecule is CCCCCNC(=O)C(=O)N1CCCc2ccccc21. The average molecular weight is 274 g/mol. The molecule has 0 aliphatic carbocycles. The Morgan fingerprint density at radius 2 is 2.05 bits per heavy atom. The summed E-state index contributed by atoms with van der Waals surface area (Å²) in [6, 6.07) is 7.81. The van der Waals surface area contributed by atoms with Crippen molar-refractivity contribution in [3.8, 4) is 0 Å². The van der Waals surface area contributed by atoms with Gasteiger partial charge in [0.15, 0.2) is 0 Å². The molecule has 0 spiro atoms. The van der Waals surface area contributed by atoms with E-state index in [0.29, 0.717) is 13.1 Å². The summed E-state index contributed by atoms with van der Waals surface area (Å²) in [6.07, 6.45) is 4.97. The summed E-state index contributed by atoms with van der Waals surface area (Å²) >= 11 is 0. The molecule has 0 radical (unpaired) electrons. The fourth-order valence-corrected chi connectivity index (χ4v) is 2.52. The van der Waals surface area contributed by atoms with Crippen molar-refractivity contribution in [1.82, 2.24) is 5.32 Å². The predicted molar refractivity (Wildman–Crippen MR) is 79.7 cm³/mol. The van der Waals surface area contributed by atoms with Gasteiger partial charge in [0.25, 0.3) is 0 Å². The van der Waals surface area contributed by atoms with Crippen LogP contribution in [0.1, 0.15) is 38.2 Å². The first-order valence-electron chi connectivity index (χ1n) is 7.41.